The molecule has 1 N–H and O–H groups in total. The van der Waals surface area contributed by atoms with Gasteiger partial charge in [0.05, 0.1) is 0 Å². The fourth-order valence-electron chi connectivity index (χ4n) is 3.07. The van der Waals surface area contributed by atoms with Crippen molar-refractivity contribution in [1.29, 1.82) is 0 Å². The molecule has 3 heteroatoms. The molecule has 0 saturated heterocycles. The lowest BCUT2D eigenvalue weighted by Gasteiger charge is -2.19. The lowest BCUT2D eigenvalue weighted by molar-refractivity contribution is -0.122. The van der Waals surface area contributed by atoms with E-state index in [0.717, 1.165) is 27.6 Å². The van der Waals surface area contributed by atoms with Crippen LogP contribution >= 0.6 is 0 Å². The van der Waals surface area contributed by atoms with E-state index in [2.05, 4.69) is 31.3 Å². The average molecular weight is 347 g/mol. The first-order valence-corrected chi connectivity index (χ1v) is 9.01. The molecule has 26 heavy (non-hydrogen) atoms. The van der Waals surface area contributed by atoms with Crippen LogP contribution in [0.15, 0.2) is 60.7 Å². The maximum atomic E-state index is 12.7. The van der Waals surface area contributed by atoms with E-state index in [4.69, 9.17) is 4.74 Å². The Bertz CT molecular complexity index is 930. The van der Waals surface area contributed by atoms with Crippen molar-refractivity contribution >= 4 is 22.4 Å². The van der Waals surface area contributed by atoms with Crippen molar-refractivity contribution in [2.75, 3.05) is 5.32 Å². The molecule has 0 aliphatic carbocycles. The molecular formula is C23H25NO2. The van der Waals surface area contributed by atoms with Crippen molar-refractivity contribution in [3.63, 3.8) is 0 Å². The molecule has 0 heterocycles. The van der Waals surface area contributed by atoms with Crippen LogP contribution < -0.4 is 10.1 Å². The molecule has 0 aliphatic rings. The number of hydrogen-bond donors (Lipinski definition) is 1. The SMILES string of the molecule is Cc1cccc(C(C)C)c1NC(=O)[C@@H](C)Oc1ccc2ccccc2c1. The number of rotatable bonds is 5. The highest BCUT2D eigenvalue weighted by Gasteiger charge is 2.18. The zero-order valence-corrected chi connectivity index (χ0v) is 15.7. The maximum absolute atomic E-state index is 12.7. The van der Waals surface area contributed by atoms with Crippen molar-refractivity contribution in [2.24, 2.45) is 0 Å². The molecule has 1 atom stereocenters. The molecule has 3 aromatic carbocycles. The number of benzene rings is 3. The highest BCUT2D eigenvalue weighted by molar-refractivity contribution is 5.95. The van der Waals surface area contributed by atoms with Crippen LogP contribution in [-0.2, 0) is 4.79 Å². The number of fused-ring (bicyclic) bond motifs is 1. The zero-order valence-electron chi connectivity index (χ0n) is 15.7. The second-order valence-electron chi connectivity index (χ2n) is 6.95. The highest BCUT2D eigenvalue weighted by atomic mass is 16.5. The summed E-state index contributed by atoms with van der Waals surface area (Å²) in [5.41, 5.74) is 3.08. The predicted octanol–water partition coefficient (Wildman–Crippen LogP) is 5.68. The van der Waals surface area contributed by atoms with Crippen LogP contribution in [0.5, 0.6) is 5.75 Å². The summed E-state index contributed by atoms with van der Waals surface area (Å²) in [4.78, 5) is 12.7. The molecule has 3 nitrogen and oxygen atoms in total. The second-order valence-corrected chi connectivity index (χ2v) is 6.95. The van der Waals surface area contributed by atoms with Gasteiger partial charge in [0, 0.05) is 5.69 Å². The molecule has 0 aromatic heterocycles. The molecular weight excluding hydrogens is 322 g/mol. The van der Waals surface area contributed by atoms with E-state index in [1.807, 2.05) is 55.5 Å². The lowest BCUT2D eigenvalue weighted by Crippen LogP contribution is -2.30. The van der Waals surface area contributed by atoms with Gasteiger partial charge in [-0.3, -0.25) is 4.79 Å². The van der Waals surface area contributed by atoms with Gasteiger partial charge in [-0.05, 0) is 53.8 Å². The molecule has 0 aliphatic heterocycles. The Hall–Kier alpha value is -2.81. The summed E-state index contributed by atoms with van der Waals surface area (Å²) in [6.07, 6.45) is -0.587. The van der Waals surface area contributed by atoms with Crippen LogP contribution in [0.3, 0.4) is 0 Å². The van der Waals surface area contributed by atoms with Crippen molar-refractivity contribution in [2.45, 2.75) is 39.7 Å². The van der Waals surface area contributed by atoms with Crippen molar-refractivity contribution in [1.82, 2.24) is 0 Å². The second kappa shape index (κ2) is 7.61. The van der Waals surface area contributed by atoms with Crippen LogP contribution in [0, 0.1) is 6.92 Å². The van der Waals surface area contributed by atoms with Gasteiger partial charge in [0.25, 0.3) is 5.91 Å². The molecule has 0 saturated carbocycles. The van der Waals surface area contributed by atoms with Gasteiger partial charge in [-0.25, -0.2) is 0 Å². The molecule has 0 unspecified atom stereocenters. The van der Waals surface area contributed by atoms with Gasteiger partial charge in [-0.1, -0.05) is 62.4 Å². The van der Waals surface area contributed by atoms with Crippen LogP contribution in [0.1, 0.15) is 37.8 Å². The summed E-state index contributed by atoms with van der Waals surface area (Å²) < 4.78 is 5.88. The largest absolute Gasteiger partial charge is 0.481 e. The molecule has 0 spiro atoms. The smallest absolute Gasteiger partial charge is 0.265 e. The minimum atomic E-state index is -0.587. The molecule has 1 amide bonds. The van der Waals surface area contributed by atoms with Gasteiger partial charge in [-0.2, -0.15) is 0 Å². The van der Waals surface area contributed by atoms with Gasteiger partial charge < -0.3 is 10.1 Å². The average Bonchev–Trinajstić information content (AvgIpc) is 2.63. The van der Waals surface area contributed by atoms with Gasteiger partial charge in [0.1, 0.15) is 5.75 Å². The van der Waals surface area contributed by atoms with E-state index in [1.165, 1.54) is 0 Å². The molecule has 3 aromatic rings. The fraction of sp³-hybridized carbons (Fsp3) is 0.261. The number of carbonyl (C=O) groups excluding carboxylic acids is 1. The Morgan fingerprint density at radius 3 is 2.38 bits per heavy atom. The van der Waals surface area contributed by atoms with Crippen molar-refractivity contribution in [3.8, 4) is 5.75 Å². The number of para-hydroxylation sites is 1. The third-order valence-corrected chi connectivity index (χ3v) is 4.58. The van der Waals surface area contributed by atoms with Crippen LogP contribution in [0.2, 0.25) is 0 Å². The molecule has 3 rings (SSSR count). The predicted molar refractivity (Wildman–Crippen MR) is 108 cm³/mol. The van der Waals surface area contributed by atoms with Crippen LogP contribution in [-0.4, -0.2) is 12.0 Å². The van der Waals surface area contributed by atoms with E-state index < -0.39 is 6.10 Å². The summed E-state index contributed by atoms with van der Waals surface area (Å²) in [6.45, 7) is 8.03. The minimum absolute atomic E-state index is 0.144. The van der Waals surface area contributed by atoms with E-state index in [1.54, 1.807) is 6.92 Å². The number of amides is 1. The van der Waals surface area contributed by atoms with E-state index in [9.17, 15) is 4.79 Å². The van der Waals surface area contributed by atoms with Crippen LogP contribution in [0.4, 0.5) is 5.69 Å². The third-order valence-electron chi connectivity index (χ3n) is 4.58. The van der Waals surface area contributed by atoms with Gasteiger partial charge in [0.2, 0.25) is 0 Å². The van der Waals surface area contributed by atoms with Crippen molar-refractivity contribution in [3.05, 3.63) is 71.8 Å². The monoisotopic (exact) mass is 347 g/mol. The summed E-state index contributed by atoms with van der Waals surface area (Å²) in [5, 5.41) is 5.30. The quantitative estimate of drug-likeness (QED) is 0.645. The van der Waals surface area contributed by atoms with Gasteiger partial charge >= 0.3 is 0 Å². The minimum Gasteiger partial charge on any atom is -0.481 e. The van der Waals surface area contributed by atoms with Crippen LogP contribution in [0.25, 0.3) is 10.8 Å². The summed E-state index contributed by atoms with van der Waals surface area (Å²) in [5.74, 6) is 0.886. The first-order chi connectivity index (χ1) is 12.5. The summed E-state index contributed by atoms with van der Waals surface area (Å²) >= 11 is 0. The van der Waals surface area contributed by atoms with Gasteiger partial charge in [-0.15, -0.1) is 0 Å². The number of anilines is 1. The topological polar surface area (TPSA) is 38.3 Å². The maximum Gasteiger partial charge on any atom is 0.265 e. The summed E-state index contributed by atoms with van der Waals surface area (Å²) in [7, 11) is 0. The zero-order chi connectivity index (χ0) is 18.7. The van der Waals surface area contributed by atoms with Gasteiger partial charge in [0.15, 0.2) is 6.10 Å². The van der Waals surface area contributed by atoms with E-state index in [0.29, 0.717) is 11.7 Å². The number of hydrogen-bond acceptors (Lipinski definition) is 2. The standard InChI is InChI=1S/C23H25NO2/c1-15(2)21-11-7-8-16(3)22(21)24-23(25)17(4)26-20-13-12-18-9-5-6-10-19(18)14-20/h5-15,17H,1-4H3,(H,24,25)/t17-/m1/s1. The number of ether oxygens (including phenoxy) is 1. The highest BCUT2D eigenvalue weighted by Crippen LogP contribution is 2.28. The Morgan fingerprint density at radius 2 is 1.65 bits per heavy atom. The third kappa shape index (κ3) is 3.88. The lowest BCUT2D eigenvalue weighted by atomic mass is 9.98. The first-order valence-electron chi connectivity index (χ1n) is 9.01. The molecule has 0 radical (unpaired) electrons. The summed E-state index contributed by atoms with van der Waals surface area (Å²) in [6, 6.07) is 20.1. The Morgan fingerprint density at radius 1 is 0.923 bits per heavy atom. The number of nitrogens with one attached hydrogen (secondary N) is 1. The first kappa shape index (κ1) is 18.0. The normalized spacial score (nSPS) is 12.2. The molecule has 0 fully saturated rings. The van der Waals surface area contributed by atoms with E-state index in [-0.39, 0.29) is 5.91 Å². The number of carbonyl (C=O) groups is 1. The molecule has 134 valence electrons. The van der Waals surface area contributed by atoms with E-state index >= 15 is 0 Å². The van der Waals surface area contributed by atoms with Crippen molar-refractivity contribution < 1.29 is 9.53 Å². The number of aryl methyl sites for hydroxylation is 1. The fourth-order valence-corrected chi connectivity index (χ4v) is 3.07. The Kier molecular flexibility index (Phi) is 5.27. The molecule has 0 bridgehead atoms. The Labute approximate surface area is 155 Å². The Balaban J connectivity index is 1.76.